The van der Waals surface area contributed by atoms with E-state index in [4.69, 9.17) is 0 Å². The number of rotatable bonds is 3. The van der Waals surface area contributed by atoms with Crippen LogP contribution in [0, 0.1) is 0 Å². The molecule has 0 aliphatic carbocycles. The first kappa shape index (κ1) is 11.9. The maximum absolute atomic E-state index is 11.3. The van der Waals surface area contributed by atoms with Crippen molar-refractivity contribution >= 4 is 5.91 Å². The van der Waals surface area contributed by atoms with Gasteiger partial charge in [0, 0.05) is 31.4 Å². The van der Waals surface area contributed by atoms with Crippen LogP contribution in [0.3, 0.4) is 0 Å². The molecule has 0 spiro atoms. The minimum atomic E-state index is 0.0988. The lowest BCUT2D eigenvalue weighted by Gasteiger charge is -2.25. The molecule has 0 radical (unpaired) electrons. The zero-order chi connectivity index (χ0) is 13.1. The number of carbonyl (C=O) groups is 1. The largest absolute Gasteiger partial charge is 0.354 e. The zero-order valence-electron chi connectivity index (χ0n) is 10.6. The molecule has 98 valence electrons. The van der Waals surface area contributed by atoms with Crippen molar-refractivity contribution in [1.82, 2.24) is 20.0 Å². The Morgan fingerprint density at radius 3 is 2.89 bits per heavy atom. The fourth-order valence-corrected chi connectivity index (χ4v) is 2.25. The van der Waals surface area contributed by atoms with Crippen LogP contribution >= 0.6 is 0 Å². The van der Waals surface area contributed by atoms with Crippen LogP contribution in [-0.2, 0) is 11.3 Å². The third kappa shape index (κ3) is 2.82. The number of aromatic nitrogens is 2. The highest BCUT2D eigenvalue weighted by Gasteiger charge is 2.16. The lowest BCUT2D eigenvalue weighted by atomic mass is 10.3. The van der Waals surface area contributed by atoms with Crippen molar-refractivity contribution in [3.8, 4) is 5.69 Å². The summed E-state index contributed by atoms with van der Waals surface area (Å²) in [5, 5.41) is 7.19. The number of nitrogens with one attached hydrogen (secondary N) is 1. The van der Waals surface area contributed by atoms with Gasteiger partial charge in [0.05, 0.1) is 18.4 Å². The monoisotopic (exact) mass is 256 g/mol. The zero-order valence-corrected chi connectivity index (χ0v) is 10.6. The van der Waals surface area contributed by atoms with E-state index in [1.54, 1.807) is 0 Å². The molecule has 1 fully saturated rings. The van der Waals surface area contributed by atoms with E-state index in [9.17, 15) is 4.79 Å². The van der Waals surface area contributed by atoms with Gasteiger partial charge in [-0.1, -0.05) is 18.2 Å². The van der Waals surface area contributed by atoms with Crippen molar-refractivity contribution in [2.45, 2.75) is 6.54 Å². The summed E-state index contributed by atoms with van der Waals surface area (Å²) in [5.74, 6) is 0.0988. The van der Waals surface area contributed by atoms with Gasteiger partial charge in [0.1, 0.15) is 0 Å². The Kier molecular flexibility index (Phi) is 3.29. The van der Waals surface area contributed by atoms with E-state index in [1.165, 1.54) is 0 Å². The molecular weight excluding hydrogens is 240 g/mol. The molecule has 1 N–H and O–H groups in total. The molecule has 0 unspecified atom stereocenters. The maximum atomic E-state index is 11.3. The Hall–Kier alpha value is -2.14. The first-order valence-electron chi connectivity index (χ1n) is 6.39. The molecule has 1 saturated heterocycles. The number of carbonyl (C=O) groups excluding carboxylic acids is 1. The van der Waals surface area contributed by atoms with Gasteiger partial charge in [0.25, 0.3) is 0 Å². The average molecular weight is 256 g/mol. The molecule has 0 bridgehead atoms. The summed E-state index contributed by atoms with van der Waals surface area (Å²) in [4.78, 5) is 13.4. The fraction of sp³-hybridized carbons (Fsp3) is 0.286. The number of hydrogen-bond donors (Lipinski definition) is 1. The van der Waals surface area contributed by atoms with E-state index in [1.807, 2.05) is 47.4 Å². The standard InChI is InChI=1S/C14H16N4O/c19-14-11-17(7-6-15-14)9-12-8-16-18(10-12)13-4-2-1-3-5-13/h1-5,8,10H,6-7,9,11H2,(H,15,19). The van der Waals surface area contributed by atoms with Gasteiger partial charge < -0.3 is 5.32 Å². The van der Waals surface area contributed by atoms with Gasteiger partial charge in [-0.2, -0.15) is 5.10 Å². The summed E-state index contributed by atoms with van der Waals surface area (Å²) in [6, 6.07) is 10.0. The minimum absolute atomic E-state index is 0.0988. The van der Waals surface area contributed by atoms with E-state index >= 15 is 0 Å². The van der Waals surface area contributed by atoms with Crippen molar-refractivity contribution in [3.05, 3.63) is 48.3 Å². The van der Waals surface area contributed by atoms with Gasteiger partial charge in [-0.15, -0.1) is 0 Å². The van der Waals surface area contributed by atoms with Gasteiger partial charge in [-0.05, 0) is 12.1 Å². The number of para-hydroxylation sites is 1. The Labute approximate surface area is 111 Å². The Morgan fingerprint density at radius 1 is 1.26 bits per heavy atom. The Bertz CT molecular complexity index is 564. The second kappa shape index (κ2) is 5.24. The predicted molar refractivity (Wildman–Crippen MR) is 71.9 cm³/mol. The smallest absolute Gasteiger partial charge is 0.234 e. The highest BCUT2D eigenvalue weighted by molar-refractivity contribution is 5.78. The van der Waals surface area contributed by atoms with E-state index in [2.05, 4.69) is 15.3 Å². The molecule has 2 aromatic rings. The quantitative estimate of drug-likeness (QED) is 0.884. The number of nitrogens with zero attached hydrogens (tertiary/aromatic N) is 3. The van der Waals surface area contributed by atoms with E-state index in [0.29, 0.717) is 6.54 Å². The van der Waals surface area contributed by atoms with Crippen LogP contribution in [-0.4, -0.2) is 40.2 Å². The van der Waals surface area contributed by atoms with Gasteiger partial charge in [-0.25, -0.2) is 4.68 Å². The van der Waals surface area contributed by atoms with Crippen molar-refractivity contribution in [2.24, 2.45) is 0 Å². The summed E-state index contributed by atoms with van der Waals surface area (Å²) in [6.07, 6.45) is 3.88. The third-order valence-electron chi connectivity index (χ3n) is 3.18. The topological polar surface area (TPSA) is 50.2 Å². The van der Waals surface area contributed by atoms with E-state index in [-0.39, 0.29) is 5.91 Å². The molecule has 1 aromatic carbocycles. The Balaban J connectivity index is 1.70. The molecule has 1 aliphatic heterocycles. The first-order valence-corrected chi connectivity index (χ1v) is 6.39. The Morgan fingerprint density at radius 2 is 2.11 bits per heavy atom. The number of hydrogen-bond acceptors (Lipinski definition) is 3. The van der Waals surface area contributed by atoms with Crippen LogP contribution in [0.15, 0.2) is 42.7 Å². The van der Waals surface area contributed by atoms with Crippen LogP contribution in [0.4, 0.5) is 0 Å². The van der Waals surface area contributed by atoms with Crippen LogP contribution in [0.1, 0.15) is 5.56 Å². The summed E-state index contributed by atoms with van der Waals surface area (Å²) in [7, 11) is 0. The molecule has 19 heavy (non-hydrogen) atoms. The van der Waals surface area contributed by atoms with E-state index in [0.717, 1.165) is 30.9 Å². The maximum Gasteiger partial charge on any atom is 0.234 e. The van der Waals surface area contributed by atoms with E-state index < -0.39 is 0 Å². The SMILES string of the molecule is O=C1CN(Cc2cnn(-c3ccccc3)c2)CCN1. The average Bonchev–Trinajstić information content (AvgIpc) is 2.88. The lowest BCUT2D eigenvalue weighted by molar-refractivity contribution is -0.124. The van der Waals surface area contributed by atoms with Crippen molar-refractivity contribution in [2.75, 3.05) is 19.6 Å². The third-order valence-corrected chi connectivity index (χ3v) is 3.18. The summed E-state index contributed by atoms with van der Waals surface area (Å²) in [6.45, 7) is 2.85. The molecule has 2 heterocycles. The molecule has 5 heteroatoms. The molecule has 1 aliphatic rings. The summed E-state index contributed by atoms with van der Waals surface area (Å²) < 4.78 is 1.86. The van der Waals surface area contributed by atoms with Crippen LogP contribution in [0.25, 0.3) is 5.69 Å². The highest BCUT2D eigenvalue weighted by Crippen LogP contribution is 2.10. The summed E-state index contributed by atoms with van der Waals surface area (Å²) >= 11 is 0. The van der Waals surface area contributed by atoms with Gasteiger partial charge in [0.15, 0.2) is 0 Å². The number of piperazine rings is 1. The second-order valence-electron chi connectivity index (χ2n) is 4.69. The van der Waals surface area contributed by atoms with Gasteiger partial charge in [0.2, 0.25) is 5.91 Å². The molecule has 3 rings (SSSR count). The molecule has 0 saturated carbocycles. The van der Waals surface area contributed by atoms with Crippen molar-refractivity contribution in [3.63, 3.8) is 0 Å². The first-order chi connectivity index (χ1) is 9.31. The van der Waals surface area contributed by atoms with Crippen LogP contribution < -0.4 is 5.32 Å². The lowest BCUT2D eigenvalue weighted by Crippen LogP contribution is -2.47. The second-order valence-corrected chi connectivity index (χ2v) is 4.69. The molecule has 1 amide bonds. The normalized spacial score (nSPS) is 16.3. The van der Waals surface area contributed by atoms with Gasteiger partial charge >= 0.3 is 0 Å². The predicted octanol–water partition coefficient (Wildman–Crippen LogP) is 0.804. The molecule has 1 aromatic heterocycles. The van der Waals surface area contributed by atoms with Crippen molar-refractivity contribution in [1.29, 1.82) is 0 Å². The number of amides is 1. The molecular formula is C14H16N4O. The highest BCUT2D eigenvalue weighted by atomic mass is 16.2. The summed E-state index contributed by atoms with van der Waals surface area (Å²) in [5.41, 5.74) is 2.17. The molecule has 0 atom stereocenters. The van der Waals surface area contributed by atoms with Crippen LogP contribution in [0.2, 0.25) is 0 Å². The van der Waals surface area contributed by atoms with Crippen LogP contribution in [0.5, 0.6) is 0 Å². The molecule has 5 nitrogen and oxygen atoms in total. The van der Waals surface area contributed by atoms with Crippen molar-refractivity contribution < 1.29 is 4.79 Å². The minimum Gasteiger partial charge on any atom is -0.354 e. The fourth-order valence-electron chi connectivity index (χ4n) is 2.25. The van der Waals surface area contributed by atoms with Gasteiger partial charge in [-0.3, -0.25) is 9.69 Å². The number of benzene rings is 1.